The molecule has 0 aromatic carbocycles. The normalized spacial score (nSPS) is 25.5. The first-order valence-electron chi connectivity index (χ1n) is 7.89. The minimum absolute atomic E-state index is 0.00981. The Hall–Kier alpha value is -2.04. The van der Waals surface area contributed by atoms with Gasteiger partial charge in [0.2, 0.25) is 5.91 Å². The molecule has 1 spiro atoms. The number of amides is 2. The summed E-state index contributed by atoms with van der Waals surface area (Å²) >= 11 is 0. The summed E-state index contributed by atoms with van der Waals surface area (Å²) in [7, 11) is 0. The highest BCUT2D eigenvalue weighted by Gasteiger charge is 2.45. The van der Waals surface area contributed by atoms with Crippen molar-refractivity contribution in [1.29, 1.82) is 0 Å². The predicted octanol–water partition coefficient (Wildman–Crippen LogP) is 2.45. The molecule has 3 heterocycles. The Kier molecular flexibility index (Phi) is 4.05. The molecular formula is C17H22N2O3. The van der Waals surface area contributed by atoms with Gasteiger partial charge in [-0.05, 0) is 31.7 Å². The molecule has 0 unspecified atom stereocenters. The maximum absolute atomic E-state index is 12.6. The van der Waals surface area contributed by atoms with Crippen molar-refractivity contribution in [3.8, 4) is 0 Å². The third kappa shape index (κ3) is 2.56. The van der Waals surface area contributed by atoms with Crippen molar-refractivity contribution < 1.29 is 14.0 Å². The van der Waals surface area contributed by atoms with E-state index in [0.29, 0.717) is 25.1 Å². The van der Waals surface area contributed by atoms with Crippen LogP contribution in [0.3, 0.4) is 0 Å². The van der Waals surface area contributed by atoms with E-state index in [1.807, 2.05) is 9.80 Å². The zero-order chi connectivity index (χ0) is 15.6. The summed E-state index contributed by atoms with van der Waals surface area (Å²) < 4.78 is 5.01. The summed E-state index contributed by atoms with van der Waals surface area (Å²) in [5, 5.41) is 0. The lowest BCUT2D eigenvalue weighted by atomic mass is 9.79. The number of likely N-dealkylation sites (tertiary alicyclic amines) is 2. The van der Waals surface area contributed by atoms with E-state index in [4.69, 9.17) is 4.42 Å². The number of furan rings is 1. The van der Waals surface area contributed by atoms with Crippen LogP contribution in [0.25, 0.3) is 0 Å². The number of carbonyl (C=O) groups is 2. The number of piperidine rings is 2. The van der Waals surface area contributed by atoms with Gasteiger partial charge < -0.3 is 14.2 Å². The second-order valence-electron chi connectivity index (χ2n) is 6.21. The van der Waals surface area contributed by atoms with Crippen molar-refractivity contribution in [3.05, 3.63) is 36.8 Å². The van der Waals surface area contributed by atoms with Crippen molar-refractivity contribution in [2.45, 2.75) is 37.6 Å². The van der Waals surface area contributed by atoms with Gasteiger partial charge >= 0.3 is 0 Å². The summed E-state index contributed by atoms with van der Waals surface area (Å²) in [5.74, 6) is 0.174. The second kappa shape index (κ2) is 5.99. The van der Waals surface area contributed by atoms with Crippen LogP contribution in [0, 0.1) is 0 Å². The molecule has 2 saturated heterocycles. The van der Waals surface area contributed by atoms with Crippen LogP contribution < -0.4 is 0 Å². The van der Waals surface area contributed by atoms with E-state index in [0.717, 1.165) is 32.2 Å². The lowest BCUT2D eigenvalue weighted by molar-refractivity contribution is -0.143. The van der Waals surface area contributed by atoms with Gasteiger partial charge in [0.15, 0.2) is 0 Å². The summed E-state index contributed by atoms with van der Waals surface area (Å²) in [4.78, 5) is 28.7. The maximum atomic E-state index is 12.6. The van der Waals surface area contributed by atoms with Gasteiger partial charge in [0.1, 0.15) is 6.26 Å². The third-order valence-corrected chi connectivity index (χ3v) is 4.83. The molecule has 1 aromatic heterocycles. The fourth-order valence-electron chi connectivity index (χ4n) is 3.81. The van der Waals surface area contributed by atoms with Gasteiger partial charge in [-0.3, -0.25) is 9.59 Å². The van der Waals surface area contributed by atoms with E-state index in [1.165, 1.54) is 12.5 Å². The van der Waals surface area contributed by atoms with Crippen molar-refractivity contribution in [3.63, 3.8) is 0 Å². The molecule has 2 fully saturated rings. The van der Waals surface area contributed by atoms with Crippen LogP contribution in [-0.4, -0.2) is 46.8 Å². The Balaban J connectivity index is 1.82. The van der Waals surface area contributed by atoms with Crippen LogP contribution in [0.15, 0.2) is 35.7 Å². The van der Waals surface area contributed by atoms with E-state index >= 15 is 0 Å². The van der Waals surface area contributed by atoms with Gasteiger partial charge in [-0.15, -0.1) is 6.58 Å². The molecule has 2 aliphatic heterocycles. The Morgan fingerprint density at radius 2 is 2.23 bits per heavy atom. The molecule has 0 N–H and O–H groups in total. The Labute approximate surface area is 130 Å². The smallest absolute Gasteiger partial charge is 0.257 e. The number of hydrogen-bond donors (Lipinski definition) is 0. The Bertz CT molecular complexity index is 562. The molecule has 5 heteroatoms. The standard InChI is InChI=1S/C17H22N2O3/c1-2-9-19-15(20)5-3-7-17(19)8-4-10-18(13-17)16(21)14-6-11-22-12-14/h2,6,11-12H,1,3-5,7-10,13H2/t17-/m1/s1. The van der Waals surface area contributed by atoms with Crippen molar-refractivity contribution in [2.75, 3.05) is 19.6 Å². The molecule has 0 aliphatic carbocycles. The topological polar surface area (TPSA) is 53.8 Å². The second-order valence-corrected chi connectivity index (χ2v) is 6.21. The number of nitrogens with zero attached hydrogens (tertiary/aromatic N) is 2. The molecule has 118 valence electrons. The summed E-state index contributed by atoms with van der Waals surface area (Å²) in [6.45, 7) is 5.68. The first-order valence-corrected chi connectivity index (χ1v) is 7.89. The van der Waals surface area contributed by atoms with E-state index in [9.17, 15) is 9.59 Å². The van der Waals surface area contributed by atoms with Gasteiger partial charge in [0.05, 0.1) is 17.4 Å². The van der Waals surface area contributed by atoms with Crippen molar-refractivity contribution in [1.82, 2.24) is 9.80 Å². The molecule has 2 aliphatic rings. The molecule has 1 atom stereocenters. The predicted molar refractivity (Wildman–Crippen MR) is 82.3 cm³/mol. The quantitative estimate of drug-likeness (QED) is 0.806. The lowest BCUT2D eigenvalue weighted by Crippen LogP contribution is -2.63. The first-order chi connectivity index (χ1) is 10.7. The largest absolute Gasteiger partial charge is 0.472 e. The monoisotopic (exact) mass is 302 g/mol. The summed E-state index contributed by atoms with van der Waals surface area (Å²) in [6, 6.07) is 1.69. The average molecular weight is 302 g/mol. The molecule has 0 bridgehead atoms. The third-order valence-electron chi connectivity index (χ3n) is 4.83. The molecule has 1 aromatic rings. The van der Waals surface area contributed by atoms with Crippen LogP contribution in [0.5, 0.6) is 0 Å². The number of hydrogen-bond acceptors (Lipinski definition) is 3. The highest BCUT2D eigenvalue weighted by Crippen LogP contribution is 2.37. The molecule has 2 amide bonds. The van der Waals surface area contributed by atoms with Crippen molar-refractivity contribution in [2.24, 2.45) is 0 Å². The Morgan fingerprint density at radius 1 is 1.41 bits per heavy atom. The fourth-order valence-corrected chi connectivity index (χ4v) is 3.81. The molecule has 0 saturated carbocycles. The van der Waals surface area contributed by atoms with Crippen molar-refractivity contribution >= 4 is 11.8 Å². The zero-order valence-corrected chi connectivity index (χ0v) is 12.8. The van der Waals surface area contributed by atoms with E-state index in [1.54, 1.807) is 12.1 Å². The zero-order valence-electron chi connectivity index (χ0n) is 12.8. The number of rotatable bonds is 3. The van der Waals surface area contributed by atoms with E-state index in [-0.39, 0.29) is 17.4 Å². The van der Waals surface area contributed by atoms with Gasteiger partial charge in [-0.2, -0.15) is 0 Å². The molecule has 0 radical (unpaired) electrons. The average Bonchev–Trinajstić information content (AvgIpc) is 3.05. The van der Waals surface area contributed by atoms with E-state index < -0.39 is 0 Å². The number of carbonyl (C=O) groups excluding carboxylic acids is 2. The van der Waals surface area contributed by atoms with Gasteiger partial charge in [-0.1, -0.05) is 6.08 Å². The van der Waals surface area contributed by atoms with Gasteiger partial charge in [0.25, 0.3) is 5.91 Å². The molecule has 3 rings (SSSR count). The lowest BCUT2D eigenvalue weighted by Gasteiger charge is -2.51. The molecule has 22 heavy (non-hydrogen) atoms. The van der Waals surface area contributed by atoms with Gasteiger partial charge in [0, 0.05) is 26.1 Å². The highest BCUT2D eigenvalue weighted by atomic mass is 16.3. The van der Waals surface area contributed by atoms with E-state index in [2.05, 4.69) is 6.58 Å². The molecular weight excluding hydrogens is 280 g/mol. The minimum atomic E-state index is -0.221. The van der Waals surface area contributed by atoms with Crippen LogP contribution in [0.2, 0.25) is 0 Å². The van der Waals surface area contributed by atoms with Crippen LogP contribution in [-0.2, 0) is 4.79 Å². The van der Waals surface area contributed by atoms with Crippen LogP contribution >= 0.6 is 0 Å². The molecule has 5 nitrogen and oxygen atoms in total. The van der Waals surface area contributed by atoms with Gasteiger partial charge in [-0.25, -0.2) is 0 Å². The highest BCUT2D eigenvalue weighted by molar-refractivity contribution is 5.94. The SMILES string of the molecule is C=CCN1C(=O)CCC[C@]12CCCN(C(=O)c1ccoc1)C2. The van der Waals surface area contributed by atoms with Crippen LogP contribution in [0.4, 0.5) is 0 Å². The fraction of sp³-hybridized carbons (Fsp3) is 0.529. The van der Waals surface area contributed by atoms with Crippen LogP contribution in [0.1, 0.15) is 42.5 Å². The first kappa shape index (κ1) is 14.9. The minimum Gasteiger partial charge on any atom is -0.472 e. The maximum Gasteiger partial charge on any atom is 0.257 e. The summed E-state index contributed by atoms with van der Waals surface area (Å²) in [6.07, 6.45) is 9.12. The summed E-state index contributed by atoms with van der Waals surface area (Å²) in [5.41, 5.74) is 0.357. The Morgan fingerprint density at radius 3 is 2.95 bits per heavy atom.